The van der Waals surface area contributed by atoms with Gasteiger partial charge in [-0.15, -0.1) is 0 Å². The molecule has 5 nitrogen and oxygen atoms in total. The van der Waals surface area contributed by atoms with E-state index in [1.807, 2.05) is 12.1 Å². The molecule has 2 unspecified atom stereocenters. The van der Waals surface area contributed by atoms with E-state index >= 15 is 0 Å². The van der Waals surface area contributed by atoms with E-state index in [9.17, 15) is 4.79 Å². The van der Waals surface area contributed by atoms with E-state index in [0.29, 0.717) is 23.8 Å². The Morgan fingerprint density at radius 1 is 1.35 bits per heavy atom. The molecule has 108 valence electrons. The number of aromatic nitrogens is 1. The fourth-order valence-corrected chi connectivity index (χ4v) is 3.57. The molecule has 0 radical (unpaired) electrons. The van der Waals surface area contributed by atoms with Crippen molar-refractivity contribution in [2.75, 3.05) is 19.0 Å². The van der Waals surface area contributed by atoms with Gasteiger partial charge in [-0.1, -0.05) is 0 Å². The van der Waals surface area contributed by atoms with Crippen molar-refractivity contribution in [2.24, 2.45) is 5.73 Å². The van der Waals surface area contributed by atoms with E-state index < -0.39 is 0 Å². The smallest absolute Gasteiger partial charge is 0.272 e. The number of piperidine rings is 1. The molecule has 2 bridgehead atoms. The summed E-state index contributed by atoms with van der Waals surface area (Å²) in [6.07, 6.45) is 6.25. The predicted octanol–water partition coefficient (Wildman–Crippen LogP) is 1.24. The van der Waals surface area contributed by atoms with Crippen molar-refractivity contribution < 1.29 is 4.79 Å². The van der Waals surface area contributed by atoms with Gasteiger partial charge in [0.2, 0.25) is 0 Å². The minimum Gasteiger partial charge on any atom is -0.365 e. The first-order valence-corrected chi connectivity index (χ1v) is 7.28. The summed E-state index contributed by atoms with van der Waals surface area (Å²) in [6, 6.07) is 5.30. The number of rotatable bonds is 2. The highest BCUT2D eigenvalue weighted by Crippen LogP contribution is 2.38. The van der Waals surface area contributed by atoms with Crippen molar-refractivity contribution in [1.82, 2.24) is 9.88 Å². The number of anilines is 1. The molecule has 20 heavy (non-hydrogen) atoms. The Labute approximate surface area is 119 Å². The van der Waals surface area contributed by atoms with Gasteiger partial charge in [0.1, 0.15) is 5.69 Å². The second kappa shape index (κ2) is 5.05. The Morgan fingerprint density at radius 2 is 2.00 bits per heavy atom. The largest absolute Gasteiger partial charge is 0.365 e. The zero-order valence-electron chi connectivity index (χ0n) is 12.1. The molecule has 0 saturated carbocycles. The highest BCUT2D eigenvalue weighted by atomic mass is 16.2. The predicted molar refractivity (Wildman–Crippen MR) is 78.8 cm³/mol. The van der Waals surface area contributed by atoms with Crippen LogP contribution in [-0.4, -0.2) is 48.0 Å². The zero-order valence-corrected chi connectivity index (χ0v) is 12.1. The number of hydrogen-bond acceptors (Lipinski definition) is 4. The Morgan fingerprint density at radius 3 is 2.60 bits per heavy atom. The highest BCUT2D eigenvalue weighted by Gasteiger charge is 2.39. The average Bonchev–Trinajstić information content (AvgIpc) is 2.70. The van der Waals surface area contributed by atoms with Gasteiger partial charge in [-0.05, 0) is 37.8 Å². The van der Waals surface area contributed by atoms with Crippen LogP contribution in [0.25, 0.3) is 0 Å². The van der Waals surface area contributed by atoms with Crippen LogP contribution < -0.4 is 10.6 Å². The molecule has 2 fully saturated rings. The molecule has 2 aliphatic rings. The molecule has 1 aromatic heterocycles. The maximum Gasteiger partial charge on any atom is 0.272 e. The molecule has 5 heteroatoms. The van der Waals surface area contributed by atoms with Crippen molar-refractivity contribution in [2.45, 2.75) is 43.8 Å². The summed E-state index contributed by atoms with van der Waals surface area (Å²) in [5.74, 6) is -0.0482. The van der Waals surface area contributed by atoms with Gasteiger partial charge in [0.05, 0.1) is 0 Å². The molecule has 0 spiro atoms. The molecule has 2 N–H and O–H groups in total. The lowest BCUT2D eigenvalue weighted by atomic mass is 9.97. The number of carbonyl (C=O) groups excluding carboxylic acids is 1. The van der Waals surface area contributed by atoms with Crippen LogP contribution in [-0.2, 0) is 0 Å². The SMILES string of the molecule is CN(C)C(=O)c1cc(N2C3CCC2CC(N)C3)ccn1. The normalized spacial score (nSPS) is 28.6. The lowest BCUT2D eigenvalue weighted by molar-refractivity contribution is 0.0822. The van der Waals surface area contributed by atoms with Gasteiger partial charge in [-0.3, -0.25) is 9.78 Å². The lowest BCUT2D eigenvalue weighted by Crippen LogP contribution is -2.47. The van der Waals surface area contributed by atoms with Crippen LogP contribution in [0.3, 0.4) is 0 Å². The molecule has 0 aromatic carbocycles. The van der Waals surface area contributed by atoms with Crippen LogP contribution in [0.1, 0.15) is 36.2 Å². The fourth-order valence-electron chi connectivity index (χ4n) is 3.57. The third-order valence-corrected chi connectivity index (χ3v) is 4.44. The number of pyridine rings is 1. The Hall–Kier alpha value is -1.62. The summed E-state index contributed by atoms with van der Waals surface area (Å²) in [5, 5.41) is 0. The third kappa shape index (κ3) is 2.26. The van der Waals surface area contributed by atoms with Gasteiger partial charge >= 0.3 is 0 Å². The number of fused-ring (bicyclic) bond motifs is 2. The summed E-state index contributed by atoms with van der Waals surface area (Å²) >= 11 is 0. The van der Waals surface area contributed by atoms with Crippen molar-refractivity contribution in [1.29, 1.82) is 0 Å². The molecule has 0 aliphatic carbocycles. The quantitative estimate of drug-likeness (QED) is 0.881. The Bertz CT molecular complexity index is 502. The van der Waals surface area contributed by atoms with Crippen molar-refractivity contribution in [3.8, 4) is 0 Å². The monoisotopic (exact) mass is 274 g/mol. The van der Waals surface area contributed by atoms with Gasteiger partial charge in [0, 0.05) is 44.1 Å². The molecule has 3 heterocycles. The molecular formula is C15H22N4O. The van der Waals surface area contributed by atoms with E-state index in [-0.39, 0.29) is 5.91 Å². The van der Waals surface area contributed by atoms with Gasteiger partial charge < -0.3 is 15.5 Å². The maximum absolute atomic E-state index is 12.0. The Balaban J connectivity index is 1.88. The summed E-state index contributed by atoms with van der Waals surface area (Å²) < 4.78 is 0. The summed E-state index contributed by atoms with van der Waals surface area (Å²) in [6.45, 7) is 0. The summed E-state index contributed by atoms with van der Waals surface area (Å²) in [7, 11) is 3.50. The topological polar surface area (TPSA) is 62.5 Å². The molecule has 2 aliphatic heterocycles. The van der Waals surface area contributed by atoms with E-state index in [2.05, 4.69) is 9.88 Å². The lowest BCUT2D eigenvalue weighted by Gasteiger charge is -2.39. The molecule has 1 amide bonds. The fraction of sp³-hybridized carbons (Fsp3) is 0.600. The third-order valence-electron chi connectivity index (χ3n) is 4.44. The number of nitrogens with zero attached hydrogens (tertiary/aromatic N) is 3. The van der Waals surface area contributed by atoms with Gasteiger partial charge in [0.25, 0.3) is 5.91 Å². The second-order valence-corrected chi connectivity index (χ2v) is 6.12. The van der Waals surface area contributed by atoms with E-state index in [1.165, 1.54) is 12.8 Å². The van der Waals surface area contributed by atoms with Crippen LogP contribution in [0.2, 0.25) is 0 Å². The van der Waals surface area contributed by atoms with E-state index in [1.54, 1.807) is 25.2 Å². The molecule has 2 saturated heterocycles. The number of amides is 1. The Kier molecular flexibility index (Phi) is 3.38. The second-order valence-electron chi connectivity index (χ2n) is 6.12. The van der Waals surface area contributed by atoms with Crippen molar-refractivity contribution in [3.05, 3.63) is 24.0 Å². The zero-order chi connectivity index (χ0) is 14.3. The van der Waals surface area contributed by atoms with Gasteiger partial charge in [0.15, 0.2) is 0 Å². The van der Waals surface area contributed by atoms with Gasteiger partial charge in [-0.2, -0.15) is 0 Å². The number of hydrogen-bond donors (Lipinski definition) is 1. The molecule has 3 rings (SSSR count). The standard InChI is InChI=1S/C15H22N4O/c1-18(2)15(20)14-9-13(5-6-17-14)19-11-3-4-12(19)8-10(16)7-11/h5-6,9-12H,3-4,7-8,16H2,1-2H3. The molecule has 2 atom stereocenters. The first-order chi connectivity index (χ1) is 9.56. The molecule has 1 aromatic rings. The summed E-state index contributed by atoms with van der Waals surface area (Å²) in [5.41, 5.74) is 7.74. The number of carbonyl (C=O) groups is 1. The van der Waals surface area contributed by atoms with Crippen LogP contribution in [0.4, 0.5) is 5.69 Å². The minimum absolute atomic E-state index is 0.0482. The highest BCUT2D eigenvalue weighted by molar-refractivity contribution is 5.92. The van der Waals surface area contributed by atoms with Gasteiger partial charge in [-0.25, -0.2) is 0 Å². The van der Waals surface area contributed by atoms with Crippen LogP contribution in [0.15, 0.2) is 18.3 Å². The van der Waals surface area contributed by atoms with E-state index in [4.69, 9.17) is 5.73 Å². The van der Waals surface area contributed by atoms with Crippen LogP contribution in [0, 0.1) is 0 Å². The number of nitrogens with two attached hydrogens (primary N) is 1. The summed E-state index contributed by atoms with van der Waals surface area (Å²) in [4.78, 5) is 20.3. The van der Waals surface area contributed by atoms with Crippen LogP contribution in [0.5, 0.6) is 0 Å². The molecular weight excluding hydrogens is 252 g/mol. The van der Waals surface area contributed by atoms with Crippen molar-refractivity contribution >= 4 is 11.6 Å². The van der Waals surface area contributed by atoms with E-state index in [0.717, 1.165) is 18.5 Å². The first kappa shape index (κ1) is 13.4. The first-order valence-electron chi connectivity index (χ1n) is 7.28. The minimum atomic E-state index is -0.0482. The average molecular weight is 274 g/mol. The maximum atomic E-state index is 12.0. The van der Waals surface area contributed by atoms with Crippen LogP contribution >= 0.6 is 0 Å². The van der Waals surface area contributed by atoms with Crippen molar-refractivity contribution in [3.63, 3.8) is 0 Å².